The topological polar surface area (TPSA) is 293 Å². The summed E-state index contributed by atoms with van der Waals surface area (Å²) in [6.45, 7) is 18.7. The summed E-state index contributed by atoms with van der Waals surface area (Å²) >= 11 is 0. The van der Waals surface area contributed by atoms with Gasteiger partial charge in [0.2, 0.25) is 12.1 Å². The van der Waals surface area contributed by atoms with Gasteiger partial charge >= 0.3 is 47.9 Å². The second-order valence-electron chi connectivity index (χ2n) is 30.7. The summed E-state index contributed by atoms with van der Waals surface area (Å²) in [5.74, 6) is 0.995. The zero-order valence-electron chi connectivity index (χ0n) is 62.6. The molecule has 9 fully saturated rings. The van der Waals surface area contributed by atoms with Crippen LogP contribution in [0.3, 0.4) is 0 Å². The lowest BCUT2D eigenvalue weighted by Gasteiger charge is -2.40. The average molecular weight is 1420 g/mol. The number of aliphatic imine (C=N–C) groups is 1. The molecule has 7 aliphatic carbocycles. The Morgan fingerprint density at radius 1 is 0.416 bits per heavy atom. The fourth-order valence-electron chi connectivity index (χ4n) is 17.7. The van der Waals surface area contributed by atoms with E-state index in [9.17, 15) is 52.7 Å². The number of urea groups is 2. The molecular formula is C77H125N7O17. The van der Waals surface area contributed by atoms with Crippen LogP contribution in [0.15, 0.2) is 4.99 Å². The Labute approximate surface area is 601 Å². The number of rotatable bonds is 28. The minimum atomic E-state index is -1.19. The van der Waals surface area contributed by atoms with Crippen molar-refractivity contribution in [2.45, 2.75) is 341 Å². The molecule has 0 aromatic heterocycles. The number of hydrogen-bond donors (Lipinski definition) is 2. The number of hydrogen-bond acceptors (Lipinski definition) is 20. The van der Waals surface area contributed by atoms with Crippen molar-refractivity contribution in [2.75, 3.05) is 39.6 Å². The molecule has 0 spiro atoms. The number of ether oxygens (including phenoxy) is 6. The minimum absolute atomic E-state index is 0.0132. The van der Waals surface area contributed by atoms with Crippen LogP contribution >= 0.6 is 0 Å². The molecule has 2 N–H and O–H groups in total. The smallest absolute Gasteiger partial charge is 0.338 e. The van der Waals surface area contributed by atoms with Crippen LogP contribution in [-0.4, -0.2) is 191 Å². The standard InChI is InChI=1S/C40H62N4O8.C29H50N2O8.C8H13NO/c1-5-51-34(45)24-33-36(46)43(31-15-7-25(3)8-16-31)39(49)41(33)29-19-11-27(12-20-29)23-28-13-21-30(22-14-28)42-35(38(48)52-6-2)37(47)44(40(42)50)32-17-9-26(4)10-18-32;1-5-36-26(32)18-24(28(34)38-7-3)30-22-13-9-20(10-14-22)17-21-11-15-23(16-12-21)31-25(29(35)39-8-4)19-27(33)37-6-2;1-7-2-4-8(5-3-7)9-6-10/h25-33,35H,5-24H2,1-4H3;20-25,30-31H,5-19H2,1-4H3;7-8H,2-5H2,1H3. The van der Waals surface area contributed by atoms with Gasteiger partial charge in [-0.1, -0.05) is 20.8 Å². The first kappa shape index (κ1) is 82.3. The van der Waals surface area contributed by atoms with Crippen LogP contribution in [0.1, 0.15) is 274 Å². The van der Waals surface area contributed by atoms with E-state index in [1.807, 2.05) is 0 Å². The van der Waals surface area contributed by atoms with Gasteiger partial charge in [0.1, 0.15) is 18.1 Å². The van der Waals surface area contributed by atoms with Gasteiger partial charge in [0.25, 0.3) is 11.8 Å². The number of imide groups is 2. The number of carbonyl (C=O) groups excluding carboxylic acids is 11. The van der Waals surface area contributed by atoms with Crippen LogP contribution in [0.5, 0.6) is 0 Å². The first-order chi connectivity index (χ1) is 48.6. The summed E-state index contributed by atoms with van der Waals surface area (Å²) in [6, 6.07) is -3.72. The zero-order valence-corrected chi connectivity index (χ0v) is 62.6. The third-order valence-corrected chi connectivity index (χ3v) is 23.4. The molecule has 9 aliphatic rings. The second-order valence-corrected chi connectivity index (χ2v) is 30.7. The summed E-state index contributed by atoms with van der Waals surface area (Å²) < 4.78 is 31.0. The highest BCUT2D eigenvalue weighted by Gasteiger charge is 2.56. The molecule has 24 heteroatoms. The Balaban J connectivity index is 0.000000257. The summed E-state index contributed by atoms with van der Waals surface area (Å²) in [4.78, 5) is 149. The number of nitrogens with one attached hydrogen (secondary N) is 2. The van der Waals surface area contributed by atoms with E-state index in [1.165, 1.54) is 29.1 Å². The van der Waals surface area contributed by atoms with Crippen molar-refractivity contribution in [3.8, 4) is 0 Å². The second kappa shape index (κ2) is 42.1. The van der Waals surface area contributed by atoms with Crippen molar-refractivity contribution in [1.29, 1.82) is 0 Å². The van der Waals surface area contributed by atoms with Crippen molar-refractivity contribution < 1.29 is 81.2 Å². The van der Waals surface area contributed by atoms with Crippen molar-refractivity contribution in [1.82, 2.24) is 30.2 Å². The Hall–Kier alpha value is -6.00. The summed E-state index contributed by atoms with van der Waals surface area (Å²) in [6.07, 6.45) is 30.6. The molecule has 7 saturated carbocycles. The van der Waals surface area contributed by atoms with Gasteiger partial charge in [0.05, 0.1) is 64.9 Å². The maximum absolute atomic E-state index is 14.0. The van der Waals surface area contributed by atoms with Crippen LogP contribution in [0.4, 0.5) is 9.59 Å². The van der Waals surface area contributed by atoms with E-state index in [1.54, 1.807) is 57.4 Å². The maximum Gasteiger partial charge on any atom is 0.338 e. The lowest BCUT2D eigenvalue weighted by molar-refractivity contribution is -0.153. The molecule has 2 heterocycles. The van der Waals surface area contributed by atoms with Gasteiger partial charge in [0.15, 0.2) is 0 Å². The molecule has 2 aliphatic heterocycles. The highest BCUT2D eigenvalue weighted by Crippen LogP contribution is 2.43. The van der Waals surface area contributed by atoms with Gasteiger partial charge in [-0.3, -0.25) is 48.3 Å². The van der Waals surface area contributed by atoms with E-state index < -0.39 is 65.9 Å². The Morgan fingerprint density at radius 3 is 1.14 bits per heavy atom. The van der Waals surface area contributed by atoms with Gasteiger partial charge in [0, 0.05) is 36.3 Å². The quantitative estimate of drug-likeness (QED) is 0.0184. The molecule has 4 unspecified atom stereocenters. The summed E-state index contributed by atoms with van der Waals surface area (Å²) in [5.41, 5.74) is 0. The van der Waals surface area contributed by atoms with Gasteiger partial charge in [-0.05, 0) is 276 Å². The minimum Gasteiger partial charge on any atom is -0.466 e. The fourth-order valence-corrected chi connectivity index (χ4v) is 17.7. The largest absolute Gasteiger partial charge is 0.466 e. The summed E-state index contributed by atoms with van der Waals surface area (Å²) in [7, 11) is 0. The Morgan fingerprint density at radius 2 is 0.752 bits per heavy atom. The zero-order chi connectivity index (χ0) is 73.1. The van der Waals surface area contributed by atoms with Crippen molar-refractivity contribution >= 4 is 65.8 Å². The van der Waals surface area contributed by atoms with E-state index >= 15 is 0 Å². The number of isocyanates is 1. The Kier molecular flexibility index (Phi) is 34.3. The van der Waals surface area contributed by atoms with E-state index in [2.05, 4.69) is 36.4 Å². The molecule has 24 nitrogen and oxygen atoms in total. The monoisotopic (exact) mass is 1420 g/mol. The molecule has 6 amide bonds. The SMILES string of the molecule is CC1CCC(N=C=O)CC1.CCOC(=O)CC(NC1CCC(CC2CCC(NC(CC(=O)OCC)C(=O)OCC)CC2)CC1)C(=O)OCC.CCOC(=O)CC1C(=O)N(C2CCC(C)CC2)C(=O)N1C1CCC(CC2CCC(N3C(=O)N(C4CCC(C)CC4)C(=O)C3C(=O)OCC)CC2)CC1. The van der Waals surface area contributed by atoms with Crippen LogP contribution in [-0.2, 0) is 71.6 Å². The van der Waals surface area contributed by atoms with Gasteiger partial charge in [-0.15, -0.1) is 0 Å². The van der Waals surface area contributed by atoms with E-state index in [0.29, 0.717) is 35.5 Å². The number of carbonyl (C=O) groups is 10. The summed E-state index contributed by atoms with van der Waals surface area (Å²) in [5, 5.41) is 6.73. The highest BCUT2D eigenvalue weighted by molar-refractivity contribution is 6.15. The van der Waals surface area contributed by atoms with Crippen LogP contribution in [0, 0.1) is 41.4 Å². The molecule has 0 aromatic rings. The molecule has 0 radical (unpaired) electrons. The number of amides is 6. The van der Waals surface area contributed by atoms with Gasteiger partial charge in [-0.25, -0.2) is 24.2 Å². The maximum atomic E-state index is 14.0. The molecule has 0 bridgehead atoms. The predicted molar refractivity (Wildman–Crippen MR) is 378 cm³/mol. The lowest BCUT2D eigenvalue weighted by Crippen LogP contribution is -2.49. The van der Waals surface area contributed by atoms with E-state index in [4.69, 9.17) is 28.4 Å². The van der Waals surface area contributed by atoms with Gasteiger partial charge in [-0.2, -0.15) is 0 Å². The molecule has 4 atom stereocenters. The molecule has 0 aromatic carbocycles. The van der Waals surface area contributed by atoms with Crippen LogP contribution < -0.4 is 10.6 Å². The first-order valence-corrected chi connectivity index (χ1v) is 39.5. The van der Waals surface area contributed by atoms with Gasteiger partial charge < -0.3 is 44.0 Å². The third kappa shape index (κ3) is 24.3. The molecule has 101 heavy (non-hydrogen) atoms. The van der Waals surface area contributed by atoms with E-state index in [0.717, 1.165) is 179 Å². The molecule has 9 rings (SSSR count). The third-order valence-electron chi connectivity index (χ3n) is 23.4. The highest BCUT2D eigenvalue weighted by atomic mass is 16.6. The normalized spacial score (nSPS) is 31.4. The van der Waals surface area contributed by atoms with Crippen LogP contribution in [0.2, 0.25) is 0 Å². The van der Waals surface area contributed by atoms with Crippen molar-refractivity contribution in [3.63, 3.8) is 0 Å². The molecule has 570 valence electrons. The Bertz CT molecular complexity index is 2650. The molecule has 2 saturated heterocycles. The predicted octanol–water partition coefficient (Wildman–Crippen LogP) is 11.8. The fraction of sp³-hybridized carbons (Fsp3) is 0.857. The number of nitrogens with zero attached hydrogens (tertiary/aromatic N) is 5. The van der Waals surface area contributed by atoms with Crippen molar-refractivity contribution in [3.05, 3.63) is 0 Å². The lowest BCUT2D eigenvalue weighted by atomic mass is 9.75. The van der Waals surface area contributed by atoms with Crippen LogP contribution in [0.25, 0.3) is 0 Å². The molecular weight excluding hydrogens is 1290 g/mol. The first-order valence-electron chi connectivity index (χ1n) is 39.5. The number of esters is 6. The van der Waals surface area contributed by atoms with Crippen molar-refractivity contribution in [2.24, 2.45) is 46.4 Å². The average Bonchev–Trinajstić information content (AvgIpc) is 1.62. The van der Waals surface area contributed by atoms with E-state index in [-0.39, 0.29) is 119 Å².